The summed E-state index contributed by atoms with van der Waals surface area (Å²) < 4.78 is 0. The zero-order valence-corrected chi connectivity index (χ0v) is 9.71. The third-order valence-corrected chi connectivity index (χ3v) is 4.73. The summed E-state index contributed by atoms with van der Waals surface area (Å²) in [7, 11) is 0. The summed E-state index contributed by atoms with van der Waals surface area (Å²) in [5.74, 6) is 1.77. The van der Waals surface area contributed by atoms with E-state index >= 15 is 0 Å². The highest BCUT2D eigenvalue weighted by atomic mass is 15.2. The Morgan fingerprint density at radius 2 is 2.33 bits per heavy atom. The molecular weight excluding hydrogens is 184 g/mol. The van der Waals surface area contributed by atoms with E-state index in [0.29, 0.717) is 0 Å². The fraction of sp³-hybridized carbons (Fsp3) is 0.846. The molecule has 0 aromatic heterocycles. The molecule has 2 heteroatoms. The van der Waals surface area contributed by atoms with Gasteiger partial charge in [0.1, 0.15) is 12.7 Å². The van der Waals surface area contributed by atoms with E-state index in [4.69, 9.17) is 0 Å². The number of hydrogen-bond donors (Lipinski definition) is 2. The molecule has 0 spiro atoms. The molecule has 3 rings (SSSR count). The van der Waals surface area contributed by atoms with Crippen LogP contribution in [0.1, 0.15) is 39.0 Å². The lowest BCUT2D eigenvalue weighted by Crippen LogP contribution is -2.88. The van der Waals surface area contributed by atoms with Crippen molar-refractivity contribution in [3.05, 3.63) is 11.6 Å². The highest BCUT2D eigenvalue weighted by Gasteiger charge is 2.42. The van der Waals surface area contributed by atoms with Crippen LogP contribution >= 0.6 is 0 Å². The quantitative estimate of drug-likeness (QED) is 0.617. The molecule has 2 aliphatic carbocycles. The first-order chi connectivity index (χ1) is 7.38. The lowest BCUT2D eigenvalue weighted by molar-refractivity contribution is -0.673. The average Bonchev–Trinajstić information content (AvgIpc) is 2.76. The van der Waals surface area contributed by atoms with Gasteiger partial charge in [-0.15, -0.1) is 0 Å². The molecule has 1 saturated carbocycles. The van der Waals surface area contributed by atoms with Crippen molar-refractivity contribution in [2.75, 3.05) is 6.67 Å². The molecule has 2 fully saturated rings. The number of rotatable bonds is 1. The van der Waals surface area contributed by atoms with E-state index in [9.17, 15) is 0 Å². The molecule has 0 radical (unpaired) electrons. The van der Waals surface area contributed by atoms with Crippen molar-refractivity contribution < 1.29 is 5.32 Å². The molecule has 0 aromatic carbocycles. The topological polar surface area (TPSA) is 28.6 Å². The second-order valence-electron chi connectivity index (χ2n) is 5.47. The summed E-state index contributed by atoms with van der Waals surface area (Å²) in [6, 6.07) is 1.67. The Balaban J connectivity index is 1.80. The van der Waals surface area contributed by atoms with Gasteiger partial charge >= 0.3 is 0 Å². The Morgan fingerprint density at radius 1 is 1.40 bits per heavy atom. The minimum Gasteiger partial charge on any atom is -0.330 e. The second-order valence-corrected chi connectivity index (χ2v) is 5.47. The molecule has 2 nitrogen and oxygen atoms in total. The Hall–Kier alpha value is -0.340. The van der Waals surface area contributed by atoms with E-state index in [1.54, 1.807) is 5.57 Å². The van der Waals surface area contributed by atoms with Crippen LogP contribution in [0.3, 0.4) is 0 Å². The molecule has 4 unspecified atom stereocenters. The standard InChI is InChI=1S/C13H22N2/c1-2-9-3-5-11-10(7-9)4-6-12-13(11)15-8-14-12/h7,9,11-15H,2-6,8H2,1H3/p+1. The van der Waals surface area contributed by atoms with Crippen molar-refractivity contribution >= 4 is 0 Å². The normalized spacial score (nSPS) is 44.5. The van der Waals surface area contributed by atoms with Crippen molar-refractivity contribution in [3.8, 4) is 0 Å². The number of allylic oxidation sites excluding steroid dienone is 1. The Kier molecular flexibility index (Phi) is 2.57. The molecule has 1 aliphatic heterocycles. The van der Waals surface area contributed by atoms with E-state index < -0.39 is 0 Å². The zero-order chi connectivity index (χ0) is 10.3. The molecule has 1 heterocycles. The number of nitrogens with two attached hydrogens (primary N) is 1. The summed E-state index contributed by atoms with van der Waals surface area (Å²) in [4.78, 5) is 0. The maximum atomic E-state index is 3.69. The van der Waals surface area contributed by atoms with Gasteiger partial charge in [-0.2, -0.15) is 0 Å². The fourth-order valence-corrected chi connectivity index (χ4v) is 3.81. The van der Waals surface area contributed by atoms with Crippen LogP contribution in [-0.4, -0.2) is 18.8 Å². The SMILES string of the molecule is CCC1C=C2CCC3[NH2+]CNC3C2CC1. The van der Waals surface area contributed by atoms with Gasteiger partial charge in [-0.1, -0.05) is 18.6 Å². The number of nitrogens with one attached hydrogen (secondary N) is 1. The van der Waals surface area contributed by atoms with Crippen LogP contribution in [0.4, 0.5) is 0 Å². The van der Waals surface area contributed by atoms with Crippen LogP contribution < -0.4 is 10.6 Å². The summed E-state index contributed by atoms with van der Waals surface area (Å²) >= 11 is 0. The van der Waals surface area contributed by atoms with Crippen LogP contribution in [0.5, 0.6) is 0 Å². The molecule has 3 aliphatic rings. The van der Waals surface area contributed by atoms with E-state index in [1.165, 1.54) is 32.1 Å². The van der Waals surface area contributed by atoms with Crippen molar-refractivity contribution in [1.29, 1.82) is 0 Å². The van der Waals surface area contributed by atoms with Gasteiger partial charge in [-0.05, 0) is 31.6 Å². The summed E-state index contributed by atoms with van der Waals surface area (Å²) in [6.07, 6.45) is 9.59. The third kappa shape index (κ3) is 1.64. The van der Waals surface area contributed by atoms with E-state index in [1.807, 2.05) is 0 Å². The first kappa shape index (κ1) is 9.86. The Bertz CT molecular complexity index is 272. The molecule has 0 bridgehead atoms. The monoisotopic (exact) mass is 207 g/mol. The highest BCUT2D eigenvalue weighted by molar-refractivity contribution is 5.19. The van der Waals surface area contributed by atoms with Crippen molar-refractivity contribution in [2.24, 2.45) is 11.8 Å². The number of hydrogen-bond acceptors (Lipinski definition) is 1. The van der Waals surface area contributed by atoms with Crippen molar-refractivity contribution in [2.45, 2.75) is 51.1 Å². The van der Waals surface area contributed by atoms with Gasteiger partial charge < -0.3 is 5.32 Å². The minimum absolute atomic E-state index is 0.794. The van der Waals surface area contributed by atoms with E-state index in [-0.39, 0.29) is 0 Å². The van der Waals surface area contributed by atoms with Crippen molar-refractivity contribution in [3.63, 3.8) is 0 Å². The zero-order valence-electron chi connectivity index (χ0n) is 9.71. The van der Waals surface area contributed by atoms with Gasteiger partial charge in [0.15, 0.2) is 0 Å². The molecule has 0 amide bonds. The van der Waals surface area contributed by atoms with Crippen LogP contribution in [0.25, 0.3) is 0 Å². The molecule has 3 N–H and O–H groups in total. The second kappa shape index (κ2) is 3.91. The maximum absolute atomic E-state index is 3.69. The van der Waals surface area contributed by atoms with E-state index in [2.05, 4.69) is 23.6 Å². The van der Waals surface area contributed by atoms with Gasteiger partial charge in [0, 0.05) is 12.3 Å². The molecule has 1 saturated heterocycles. The fourth-order valence-electron chi connectivity index (χ4n) is 3.81. The number of fused-ring (bicyclic) bond motifs is 3. The summed E-state index contributed by atoms with van der Waals surface area (Å²) in [6.45, 7) is 3.48. The van der Waals surface area contributed by atoms with Crippen LogP contribution in [0, 0.1) is 11.8 Å². The molecule has 84 valence electrons. The first-order valence-electron chi connectivity index (χ1n) is 6.65. The van der Waals surface area contributed by atoms with Gasteiger partial charge in [0.05, 0.1) is 6.04 Å². The van der Waals surface area contributed by atoms with Crippen LogP contribution in [0.15, 0.2) is 11.6 Å². The minimum atomic E-state index is 0.794. The predicted molar refractivity (Wildman–Crippen MR) is 61.3 cm³/mol. The van der Waals surface area contributed by atoms with Crippen molar-refractivity contribution in [1.82, 2.24) is 5.32 Å². The third-order valence-electron chi connectivity index (χ3n) is 4.73. The smallest absolute Gasteiger partial charge is 0.130 e. The summed E-state index contributed by atoms with van der Waals surface area (Å²) in [5, 5.41) is 6.20. The van der Waals surface area contributed by atoms with Crippen LogP contribution in [0.2, 0.25) is 0 Å². The molecule has 4 atom stereocenters. The van der Waals surface area contributed by atoms with Crippen LogP contribution in [-0.2, 0) is 0 Å². The maximum Gasteiger partial charge on any atom is 0.130 e. The predicted octanol–water partition coefficient (Wildman–Crippen LogP) is 1.00. The van der Waals surface area contributed by atoms with Gasteiger partial charge in [-0.3, -0.25) is 5.32 Å². The summed E-state index contributed by atoms with van der Waals surface area (Å²) in [5.41, 5.74) is 1.79. The molecule has 15 heavy (non-hydrogen) atoms. The lowest BCUT2D eigenvalue weighted by atomic mass is 9.70. The van der Waals surface area contributed by atoms with Gasteiger partial charge in [0.2, 0.25) is 0 Å². The Morgan fingerprint density at radius 3 is 3.20 bits per heavy atom. The van der Waals surface area contributed by atoms with Gasteiger partial charge in [-0.25, -0.2) is 0 Å². The molecular formula is C13H23N2+. The molecule has 0 aromatic rings. The van der Waals surface area contributed by atoms with Gasteiger partial charge in [0.25, 0.3) is 0 Å². The largest absolute Gasteiger partial charge is 0.330 e. The highest BCUT2D eigenvalue weighted by Crippen LogP contribution is 2.39. The first-order valence-corrected chi connectivity index (χ1v) is 6.65. The number of quaternary nitrogens is 1. The van der Waals surface area contributed by atoms with E-state index in [0.717, 1.165) is 30.6 Å². The average molecular weight is 207 g/mol. The lowest BCUT2D eigenvalue weighted by Gasteiger charge is -2.37. The Labute approximate surface area is 92.5 Å².